The molecule has 0 amide bonds. The van der Waals surface area contributed by atoms with Gasteiger partial charge in [-0.05, 0) is 12.5 Å². The summed E-state index contributed by atoms with van der Waals surface area (Å²) in [5, 5.41) is 13.6. The van der Waals surface area contributed by atoms with Gasteiger partial charge in [0.2, 0.25) is 0 Å². The molecule has 0 atom stereocenters. The number of nitrogens with zero attached hydrogens (tertiary/aromatic N) is 3. The van der Waals surface area contributed by atoms with E-state index in [4.69, 9.17) is 5.73 Å². The summed E-state index contributed by atoms with van der Waals surface area (Å²) in [7, 11) is 1.87. The van der Waals surface area contributed by atoms with Gasteiger partial charge in [-0.3, -0.25) is 4.68 Å². The SMILES string of the molecule is Cc1nn(C)c(N(CCO)Cc2ccccc2)c1N. The molecule has 0 unspecified atom stereocenters. The number of aliphatic hydroxyl groups excluding tert-OH is 1. The highest BCUT2D eigenvalue weighted by atomic mass is 16.3. The topological polar surface area (TPSA) is 67.3 Å². The van der Waals surface area contributed by atoms with E-state index in [0.29, 0.717) is 18.8 Å². The van der Waals surface area contributed by atoms with Gasteiger partial charge in [-0.15, -0.1) is 0 Å². The number of hydrogen-bond acceptors (Lipinski definition) is 4. The van der Waals surface area contributed by atoms with Gasteiger partial charge in [-0.2, -0.15) is 5.10 Å². The molecule has 5 nitrogen and oxygen atoms in total. The van der Waals surface area contributed by atoms with Crippen LogP contribution < -0.4 is 10.6 Å². The second kappa shape index (κ2) is 5.75. The Balaban J connectivity index is 2.30. The lowest BCUT2D eigenvalue weighted by Crippen LogP contribution is -2.28. The van der Waals surface area contributed by atoms with Crippen molar-refractivity contribution in [3.63, 3.8) is 0 Å². The summed E-state index contributed by atoms with van der Waals surface area (Å²) in [4.78, 5) is 2.05. The van der Waals surface area contributed by atoms with Crippen molar-refractivity contribution in [3.8, 4) is 0 Å². The molecule has 0 aliphatic heterocycles. The third-order valence-corrected chi connectivity index (χ3v) is 3.12. The van der Waals surface area contributed by atoms with Crippen LogP contribution in [0.3, 0.4) is 0 Å². The molecule has 1 aromatic heterocycles. The number of nitrogen functional groups attached to an aromatic ring is 1. The maximum absolute atomic E-state index is 9.25. The Morgan fingerprint density at radius 1 is 1.32 bits per heavy atom. The Morgan fingerprint density at radius 3 is 2.53 bits per heavy atom. The van der Waals surface area contributed by atoms with Gasteiger partial charge >= 0.3 is 0 Å². The van der Waals surface area contributed by atoms with Gasteiger partial charge in [0, 0.05) is 20.1 Å². The zero-order valence-electron chi connectivity index (χ0n) is 11.4. The molecular formula is C14H20N4O. The number of anilines is 2. The minimum Gasteiger partial charge on any atom is -0.395 e. The molecule has 1 aromatic carbocycles. The van der Waals surface area contributed by atoms with Crippen molar-refractivity contribution >= 4 is 11.5 Å². The molecule has 0 fully saturated rings. The van der Waals surface area contributed by atoms with Crippen LogP contribution in [0.4, 0.5) is 11.5 Å². The summed E-state index contributed by atoms with van der Waals surface area (Å²) in [5.41, 5.74) is 8.74. The minimum atomic E-state index is 0.0799. The van der Waals surface area contributed by atoms with E-state index < -0.39 is 0 Å². The summed E-state index contributed by atoms with van der Waals surface area (Å²) < 4.78 is 1.77. The van der Waals surface area contributed by atoms with Gasteiger partial charge in [0.15, 0.2) is 5.82 Å². The van der Waals surface area contributed by atoms with E-state index >= 15 is 0 Å². The molecule has 0 aliphatic rings. The quantitative estimate of drug-likeness (QED) is 0.850. The van der Waals surface area contributed by atoms with Crippen molar-refractivity contribution < 1.29 is 5.11 Å². The van der Waals surface area contributed by atoms with E-state index in [1.54, 1.807) is 4.68 Å². The molecule has 0 spiro atoms. The Bertz CT molecular complexity index is 536. The normalized spacial score (nSPS) is 10.7. The van der Waals surface area contributed by atoms with Crippen molar-refractivity contribution in [2.75, 3.05) is 23.8 Å². The predicted molar refractivity (Wildman–Crippen MR) is 76.9 cm³/mol. The first kappa shape index (κ1) is 13.4. The van der Waals surface area contributed by atoms with Gasteiger partial charge in [0.05, 0.1) is 18.0 Å². The van der Waals surface area contributed by atoms with Gasteiger partial charge in [0.1, 0.15) is 0 Å². The second-order valence-electron chi connectivity index (χ2n) is 4.58. The van der Waals surface area contributed by atoms with Crippen LogP contribution in [0.5, 0.6) is 0 Å². The first-order chi connectivity index (χ1) is 9.13. The van der Waals surface area contributed by atoms with Gasteiger partial charge in [0.25, 0.3) is 0 Å². The van der Waals surface area contributed by atoms with Crippen molar-refractivity contribution in [3.05, 3.63) is 41.6 Å². The lowest BCUT2D eigenvalue weighted by Gasteiger charge is -2.24. The fourth-order valence-corrected chi connectivity index (χ4v) is 2.22. The van der Waals surface area contributed by atoms with E-state index in [2.05, 4.69) is 17.2 Å². The smallest absolute Gasteiger partial charge is 0.150 e. The molecule has 0 aliphatic carbocycles. The number of aliphatic hydroxyl groups is 1. The van der Waals surface area contributed by atoms with Crippen LogP contribution in [0.2, 0.25) is 0 Å². The average Bonchev–Trinajstić information content (AvgIpc) is 2.64. The second-order valence-corrected chi connectivity index (χ2v) is 4.58. The van der Waals surface area contributed by atoms with Gasteiger partial charge < -0.3 is 15.7 Å². The molecule has 102 valence electrons. The largest absolute Gasteiger partial charge is 0.395 e. The molecule has 2 aromatic rings. The third kappa shape index (κ3) is 2.88. The van der Waals surface area contributed by atoms with Crippen molar-refractivity contribution in [2.24, 2.45) is 7.05 Å². The highest BCUT2D eigenvalue weighted by Crippen LogP contribution is 2.26. The zero-order chi connectivity index (χ0) is 13.8. The van der Waals surface area contributed by atoms with E-state index in [0.717, 1.165) is 11.5 Å². The summed E-state index contributed by atoms with van der Waals surface area (Å²) in [6.45, 7) is 3.19. The average molecular weight is 260 g/mol. The van der Waals surface area contributed by atoms with E-state index in [1.807, 2.05) is 37.1 Å². The molecule has 0 bridgehead atoms. The van der Waals surface area contributed by atoms with Crippen molar-refractivity contribution in [1.29, 1.82) is 0 Å². The Labute approximate surface area is 113 Å². The van der Waals surface area contributed by atoms with Crippen LogP contribution in [0.1, 0.15) is 11.3 Å². The highest BCUT2D eigenvalue weighted by molar-refractivity contribution is 5.66. The van der Waals surface area contributed by atoms with Crippen LogP contribution >= 0.6 is 0 Å². The monoisotopic (exact) mass is 260 g/mol. The Hall–Kier alpha value is -2.01. The van der Waals surface area contributed by atoms with Crippen molar-refractivity contribution in [2.45, 2.75) is 13.5 Å². The van der Waals surface area contributed by atoms with E-state index in [9.17, 15) is 5.11 Å². The summed E-state index contributed by atoms with van der Waals surface area (Å²) >= 11 is 0. The molecule has 0 saturated carbocycles. The summed E-state index contributed by atoms with van der Waals surface area (Å²) in [6.07, 6.45) is 0. The lowest BCUT2D eigenvalue weighted by molar-refractivity contribution is 0.301. The van der Waals surface area contributed by atoms with Crippen molar-refractivity contribution in [1.82, 2.24) is 9.78 Å². The van der Waals surface area contributed by atoms with E-state index in [1.165, 1.54) is 5.56 Å². The predicted octanol–water partition coefficient (Wildman–Crippen LogP) is 1.31. The first-order valence-corrected chi connectivity index (χ1v) is 6.32. The molecule has 0 saturated heterocycles. The fourth-order valence-electron chi connectivity index (χ4n) is 2.22. The maximum atomic E-state index is 9.25. The number of benzene rings is 1. The van der Waals surface area contributed by atoms with Crippen LogP contribution in [-0.4, -0.2) is 28.0 Å². The summed E-state index contributed by atoms with van der Waals surface area (Å²) in [5.74, 6) is 0.857. The minimum absolute atomic E-state index is 0.0799. The third-order valence-electron chi connectivity index (χ3n) is 3.12. The zero-order valence-corrected chi connectivity index (χ0v) is 11.4. The van der Waals surface area contributed by atoms with Crippen LogP contribution in [0, 0.1) is 6.92 Å². The van der Waals surface area contributed by atoms with Gasteiger partial charge in [-0.25, -0.2) is 0 Å². The number of aromatic nitrogens is 2. The standard InChI is InChI=1S/C14H20N4O/c1-11-13(15)14(17(2)16-11)18(8-9-19)10-12-6-4-3-5-7-12/h3-7,19H,8-10,15H2,1-2H3. The molecule has 1 heterocycles. The van der Waals surface area contributed by atoms with E-state index in [-0.39, 0.29) is 6.61 Å². The number of aryl methyl sites for hydroxylation is 2. The number of nitrogens with two attached hydrogens (primary N) is 1. The maximum Gasteiger partial charge on any atom is 0.150 e. The number of rotatable bonds is 5. The molecule has 0 radical (unpaired) electrons. The number of hydrogen-bond donors (Lipinski definition) is 2. The molecule has 2 rings (SSSR count). The van der Waals surface area contributed by atoms with Gasteiger partial charge in [-0.1, -0.05) is 30.3 Å². The molecule has 3 N–H and O–H groups in total. The molecular weight excluding hydrogens is 240 g/mol. The van der Waals surface area contributed by atoms with Crippen LogP contribution in [0.25, 0.3) is 0 Å². The van der Waals surface area contributed by atoms with Crippen LogP contribution in [-0.2, 0) is 13.6 Å². The molecule has 5 heteroatoms. The highest BCUT2D eigenvalue weighted by Gasteiger charge is 2.17. The fraction of sp³-hybridized carbons (Fsp3) is 0.357. The Kier molecular flexibility index (Phi) is 4.06. The van der Waals surface area contributed by atoms with Crippen LogP contribution in [0.15, 0.2) is 30.3 Å². The Morgan fingerprint density at radius 2 is 2.00 bits per heavy atom. The summed E-state index contributed by atoms with van der Waals surface area (Å²) in [6, 6.07) is 10.1. The first-order valence-electron chi connectivity index (χ1n) is 6.32. The molecule has 19 heavy (non-hydrogen) atoms. The lowest BCUT2D eigenvalue weighted by atomic mass is 10.2.